The van der Waals surface area contributed by atoms with Gasteiger partial charge in [-0.1, -0.05) is 45.7 Å². The Balaban J connectivity index is 1.38. The molecule has 0 spiro atoms. The second-order valence-corrected chi connectivity index (χ2v) is 9.06. The second-order valence-electron chi connectivity index (χ2n) is 7.74. The summed E-state index contributed by atoms with van der Waals surface area (Å²) < 4.78 is 11.9. The van der Waals surface area contributed by atoms with Crippen LogP contribution in [0.15, 0.2) is 71.2 Å². The highest BCUT2D eigenvalue weighted by Crippen LogP contribution is 2.30. The van der Waals surface area contributed by atoms with Crippen LogP contribution in [0.25, 0.3) is 0 Å². The van der Waals surface area contributed by atoms with Crippen LogP contribution >= 0.6 is 27.5 Å². The molecule has 2 amide bonds. The van der Waals surface area contributed by atoms with E-state index >= 15 is 0 Å². The Morgan fingerprint density at radius 1 is 1.15 bits per heavy atom. The van der Waals surface area contributed by atoms with Crippen molar-refractivity contribution in [1.29, 1.82) is 0 Å². The van der Waals surface area contributed by atoms with E-state index in [1.165, 1.54) is 0 Å². The lowest BCUT2D eigenvalue weighted by Gasteiger charge is -2.18. The van der Waals surface area contributed by atoms with Crippen LogP contribution in [-0.4, -0.2) is 25.5 Å². The summed E-state index contributed by atoms with van der Waals surface area (Å²) >= 11 is 9.66. The normalized spacial score (nSPS) is 15.2. The second kappa shape index (κ2) is 10.8. The molecule has 0 aromatic heterocycles. The summed E-state index contributed by atoms with van der Waals surface area (Å²) in [6.45, 7) is 0.574. The molecule has 0 radical (unpaired) electrons. The van der Waals surface area contributed by atoms with Gasteiger partial charge in [0.25, 0.3) is 0 Å². The molecule has 9 heteroatoms. The minimum atomic E-state index is -0.484. The monoisotopic (exact) mass is 543 g/mol. The summed E-state index contributed by atoms with van der Waals surface area (Å²) in [5.74, 6) is 0.390. The number of methoxy groups -OCH3 is 1. The van der Waals surface area contributed by atoms with Gasteiger partial charge in [0.2, 0.25) is 11.8 Å². The van der Waals surface area contributed by atoms with Crippen LogP contribution in [0, 0.1) is 5.92 Å². The molecule has 1 saturated heterocycles. The topological polar surface area (TPSA) is 79.9 Å². The number of carbonyl (C=O) groups is 2. The van der Waals surface area contributed by atoms with Crippen molar-refractivity contribution in [2.24, 2.45) is 5.92 Å². The molecule has 1 aliphatic rings. The summed E-state index contributed by atoms with van der Waals surface area (Å²) in [6.07, 6.45) is 0.133. The Morgan fingerprint density at radius 3 is 2.65 bits per heavy atom. The molecule has 34 heavy (non-hydrogen) atoms. The Bertz CT molecular complexity index is 1190. The van der Waals surface area contributed by atoms with Gasteiger partial charge in [0.1, 0.15) is 18.1 Å². The number of halogens is 2. The number of ether oxygens (including phenoxy) is 2. The van der Waals surface area contributed by atoms with E-state index in [1.54, 1.807) is 54.5 Å². The Morgan fingerprint density at radius 2 is 1.91 bits per heavy atom. The van der Waals surface area contributed by atoms with Gasteiger partial charge in [0, 0.05) is 33.7 Å². The van der Waals surface area contributed by atoms with E-state index in [0.29, 0.717) is 28.8 Å². The molecule has 2 N–H and O–H groups in total. The van der Waals surface area contributed by atoms with Gasteiger partial charge in [-0.3, -0.25) is 20.4 Å². The first-order valence-electron chi connectivity index (χ1n) is 10.6. The highest BCUT2D eigenvalue weighted by Gasteiger charge is 2.35. The molecule has 1 heterocycles. The molecule has 0 aliphatic carbocycles. The van der Waals surface area contributed by atoms with Gasteiger partial charge in [-0.2, -0.15) is 0 Å². The largest absolute Gasteiger partial charge is 0.497 e. The number of hydrogen-bond acceptors (Lipinski definition) is 5. The third-order valence-electron chi connectivity index (χ3n) is 5.48. The predicted octanol–water partition coefficient (Wildman–Crippen LogP) is 5.19. The number of rotatable bonds is 8. The summed E-state index contributed by atoms with van der Waals surface area (Å²) in [4.78, 5) is 27.0. The highest BCUT2D eigenvalue weighted by atomic mass is 79.9. The van der Waals surface area contributed by atoms with Crippen molar-refractivity contribution in [2.45, 2.75) is 13.0 Å². The first-order valence-corrected chi connectivity index (χ1v) is 11.8. The zero-order valence-corrected chi connectivity index (χ0v) is 20.7. The van der Waals surface area contributed by atoms with Crippen LogP contribution in [0.5, 0.6) is 11.5 Å². The average Bonchev–Trinajstić information content (AvgIpc) is 3.24. The van der Waals surface area contributed by atoms with Crippen molar-refractivity contribution in [2.75, 3.05) is 24.0 Å². The van der Waals surface area contributed by atoms with Crippen LogP contribution in [0.2, 0.25) is 5.02 Å². The quantitative estimate of drug-likeness (QED) is 0.382. The van der Waals surface area contributed by atoms with Crippen molar-refractivity contribution < 1.29 is 19.1 Å². The number of hydrogen-bond donors (Lipinski definition) is 2. The summed E-state index contributed by atoms with van der Waals surface area (Å²) in [5, 5.41) is 0.620. The number of carbonyl (C=O) groups excluding carboxylic acids is 2. The lowest BCUT2D eigenvalue weighted by molar-refractivity contribution is -0.125. The van der Waals surface area contributed by atoms with E-state index < -0.39 is 5.92 Å². The zero-order chi connectivity index (χ0) is 24.1. The van der Waals surface area contributed by atoms with E-state index in [9.17, 15) is 9.59 Å². The van der Waals surface area contributed by atoms with E-state index in [4.69, 9.17) is 21.1 Å². The van der Waals surface area contributed by atoms with Crippen LogP contribution in [0.4, 0.5) is 11.4 Å². The standard InChI is InChI=1S/C25H23BrClN3O4/c1-33-20-9-7-19(8-10-20)30-14-17(12-24(30)31)25(32)29-28-22-13-18(26)6-11-23(22)34-15-16-4-2-3-5-21(16)27/h2-11,13,17,28H,12,14-15H2,1H3,(H,29,32)/t17-/m0/s1. The molecule has 1 aliphatic heterocycles. The molecular weight excluding hydrogens is 522 g/mol. The fourth-order valence-corrected chi connectivity index (χ4v) is 4.17. The highest BCUT2D eigenvalue weighted by molar-refractivity contribution is 9.10. The SMILES string of the molecule is COc1ccc(N2C[C@@H](C(=O)NNc3cc(Br)ccc3OCc3ccccc3Cl)CC2=O)cc1. The minimum absolute atomic E-state index is 0.100. The van der Waals surface area contributed by atoms with Crippen molar-refractivity contribution in [1.82, 2.24) is 5.43 Å². The van der Waals surface area contributed by atoms with Gasteiger partial charge < -0.3 is 14.4 Å². The van der Waals surface area contributed by atoms with Gasteiger partial charge in [0.05, 0.1) is 18.7 Å². The molecule has 0 bridgehead atoms. The molecule has 0 saturated carbocycles. The molecule has 1 atom stereocenters. The van der Waals surface area contributed by atoms with Crippen LogP contribution in [0.1, 0.15) is 12.0 Å². The number of anilines is 2. The third kappa shape index (κ3) is 5.63. The van der Waals surface area contributed by atoms with E-state index in [0.717, 1.165) is 15.7 Å². The molecular formula is C25H23BrClN3O4. The number of benzene rings is 3. The average molecular weight is 545 g/mol. The van der Waals surface area contributed by atoms with Crippen LogP contribution in [0.3, 0.4) is 0 Å². The maximum atomic E-state index is 12.8. The van der Waals surface area contributed by atoms with E-state index in [1.807, 2.05) is 24.3 Å². The van der Waals surface area contributed by atoms with Crippen LogP contribution < -0.4 is 25.2 Å². The fourth-order valence-electron chi connectivity index (χ4n) is 3.62. The smallest absolute Gasteiger partial charge is 0.243 e. The van der Waals surface area contributed by atoms with Crippen molar-refractivity contribution in [3.05, 3.63) is 81.8 Å². The first-order chi connectivity index (χ1) is 16.4. The Kier molecular flexibility index (Phi) is 7.59. The molecule has 7 nitrogen and oxygen atoms in total. The zero-order valence-electron chi connectivity index (χ0n) is 18.4. The molecule has 0 unspecified atom stereocenters. The maximum absolute atomic E-state index is 12.8. The molecule has 1 fully saturated rings. The van der Waals surface area contributed by atoms with E-state index in [2.05, 4.69) is 26.8 Å². The van der Waals surface area contributed by atoms with Crippen molar-refractivity contribution >= 4 is 50.7 Å². The molecule has 176 valence electrons. The first kappa shape index (κ1) is 23.9. The van der Waals surface area contributed by atoms with Crippen molar-refractivity contribution in [3.8, 4) is 11.5 Å². The van der Waals surface area contributed by atoms with Gasteiger partial charge in [-0.25, -0.2) is 0 Å². The number of nitrogens with one attached hydrogen (secondary N) is 2. The maximum Gasteiger partial charge on any atom is 0.243 e. The molecule has 3 aromatic rings. The fraction of sp³-hybridized carbons (Fsp3) is 0.200. The predicted molar refractivity (Wildman–Crippen MR) is 135 cm³/mol. The van der Waals surface area contributed by atoms with Gasteiger partial charge in [-0.05, 0) is 48.5 Å². The van der Waals surface area contributed by atoms with Gasteiger partial charge >= 0.3 is 0 Å². The van der Waals surface area contributed by atoms with Gasteiger partial charge in [0.15, 0.2) is 0 Å². The number of hydrazine groups is 1. The van der Waals surface area contributed by atoms with Crippen LogP contribution in [-0.2, 0) is 16.2 Å². The Hall–Kier alpha value is -3.23. The minimum Gasteiger partial charge on any atom is -0.497 e. The van der Waals surface area contributed by atoms with Gasteiger partial charge in [-0.15, -0.1) is 0 Å². The number of nitrogens with zero attached hydrogens (tertiary/aromatic N) is 1. The number of amides is 2. The Labute approximate surface area is 211 Å². The van der Waals surface area contributed by atoms with E-state index in [-0.39, 0.29) is 24.8 Å². The third-order valence-corrected chi connectivity index (χ3v) is 6.34. The summed E-state index contributed by atoms with van der Waals surface area (Å²) in [5.41, 5.74) is 7.81. The van der Waals surface area contributed by atoms with Crippen molar-refractivity contribution in [3.63, 3.8) is 0 Å². The molecule has 3 aromatic carbocycles. The lowest BCUT2D eigenvalue weighted by Crippen LogP contribution is -2.36. The molecule has 4 rings (SSSR count). The summed E-state index contributed by atoms with van der Waals surface area (Å²) in [7, 11) is 1.59. The lowest BCUT2D eigenvalue weighted by atomic mass is 10.1. The summed E-state index contributed by atoms with van der Waals surface area (Å²) in [6, 6.07) is 20.1.